The minimum atomic E-state index is -0.244. The van der Waals surface area contributed by atoms with Crippen LogP contribution in [0, 0.1) is 0 Å². The molecule has 28 heavy (non-hydrogen) atoms. The van der Waals surface area contributed by atoms with E-state index in [2.05, 4.69) is 37.2 Å². The van der Waals surface area contributed by atoms with Gasteiger partial charge in [0, 0.05) is 42.0 Å². The number of rotatable bonds is 5. The van der Waals surface area contributed by atoms with Crippen LogP contribution >= 0.6 is 0 Å². The number of aryl methyl sites for hydroxylation is 1. The van der Waals surface area contributed by atoms with E-state index in [1.165, 1.54) is 5.39 Å². The minimum Gasteiger partial charge on any atom is -0.361 e. The molecule has 0 aliphatic carbocycles. The van der Waals surface area contributed by atoms with Gasteiger partial charge >= 0.3 is 0 Å². The average Bonchev–Trinajstić information content (AvgIpc) is 3.44. The van der Waals surface area contributed by atoms with E-state index < -0.39 is 0 Å². The van der Waals surface area contributed by atoms with Gasteiger partial charge < -0.3 is 14.9 Å². The summed E-state index contributed by atoms with van der Waals surface area (Å²) in [6.45, 7) is 0.906. The molecule has 2 aromatic carbocycles. The molecular formula is C22H21N5O. The molecular weight excluding hydrogens is 350 g/mol. The van der Waals surface area contributed by atoms with Gasteiger partial charge in [-0.2, -0.15) is 0 Å². The molecule has 4 aromatic rings. The molecule has 1 aliphatic rings. The van der Waals surface area contributed by atoms with Crippen molar-refractivity contribution in [1.29, 1.82) is 0 Å². The Bertz CT molecular complexity index is 1130. The molecule has 0 saturated carbocycles. The number of benzene rings is 2. The van der Waals surface area contributed by atoms with Crippen LogP contribution in [0.2, 0.25) is 0 Å². The predicted octanol–water partition coefficient (Wildman–Crippen LogP) is 3.42. The highest BCUT2D eigenvalue weighted by molar-refractivity contribution is 5.94. The number of hydrogen-bond acceptors (Lipinski definition) is 3. The molecule has 1 atom stereocenters. The van der Waals surface area contributed by atoms with E-state index in [0.29, 0.717) is 12.0 Å². The normalized spacial score (nSPS) is 14.1. The zero-order valence-electron chi connectivity index (χ0n) is 15.4. The molecule has 3 heterocycles. The lowest BCUT2D eigenvalue weighted by Gasteiger charge is -2.18. The first-order chi connectivity index (χ1) is 13.8. The number of para-hydroxylation sites is 1. The van der Waals surface area contributed by atoms with Gasteiger partial charge in [-0.25, -0.2) is 0 Å². The first kappa shape index (κ1) is 16.7. The van der Waals surface area contributed by atoms with E-state index in [-0.39, 0.29) is 11.9 Å². The Morgan fingerprint density at radius 3 is 2.82 bits per heavy atom. The van der Waals surface area contributed by atoms with E-state index in [0.717, 1.165) is 42.1 Å². The summed E-state index contributed by atoms with van der Waals surface area (Å²) in [5.41, 5.74) is 2.90. The van der Waals surface area contributed by atoms with Crippen molar-refractivity contribution in [2.24, 2.45) is 0 Å². The molecule has 2 aromatic heterocycles. The molecule has 5 rings (SSSR count). The number of carbonyl (C=O) groups is 1. The lowest BCUT2D eigenvalue weighted by Crippen LogP contribution is -2.32. The van der Waals surface area contributed by atoms with E-state index in [4.69, 9.17) is 0 Å². The smallest absolute Gasteiger partial charge is 0.251 e. The number of nitrogens with zero attached hydrogens (tertiary/aromatic N) is 3. The zero-order chi connectivity index (χ0) is 18.9. The highest BCUT2D eigenvalue weighted by Crippen LogP contribution is 2.26. The number of amides is 1. The van der Waals surface area contributed by atoms with Crippen molar-refractivity contribution in [1.82, 2.24) is 25.1 Å². The molecule has 0 bridgehead atoms. The summed E-state index contributed by atoms with van der Waals surface area (Å²) in [5, 5.41) is 13.1. The molecule has 0 radical (unpaired) electrons. The minimum absolute atomic E-state index is 0.0965. The summed E-state index contributed by atoms with van der Waals surface area (Å²) in [4.78, 5) is 16.2. The molecule has 1 amide bonds. The molecule has 6 heteroatoms. The zero-order valence-corrected chi connectivity index (χ0v) is 15.4. The Balaban J connectivity index is 1.50. The molecule has 2 N–H and O–H groups in total. The highest BCUT2D eigenvalue weighted by atomic mass is 16.1. The summed E-state index contributed by atoms with van der Waals surface area (Å²) in [6.07, 6.45) is 4.69. The average molecular weight is 371 g/mol. The largest absolute Gasteiger partial charge is 0.361 e. The summed E-state index contributed by atoms with van der Waals surface area (Å²) < 4.78 is 2.16. The van der Waals surface area contributed by atoms with Crippen molar-refractivity contribution in [3.05, 3.63) is 83.6 Å². The Morgan fingerprint density at radius 2 is 1.93 bits per heavy atom. The number of aromatic nitrogens is 4. The van der Waals surface area contributed by atoms with Gasteiger partial charge in [-0.3, -0.25) is 4.79 Å². The number of H-pyrrole nitrogens is 1. The van der Waals surface area contributed by atoms with Gasteiger partial charge in [0.1, 0.15) is 5.82 Å². The van der Waals surface area contributed by atoms with Crippen LogP contribution in [-0.4, -0.2) is 25.7 Å². The maximum Gasteiger partial charge on any atom is 0.251 e. The Kier molecular flexibility index (Phi) is 4.16. The monoisotopic (exact) mass is 371 g/mol. The standard InChI is InChI=1S/C22H21N5O/c28-22(15-7-2-1-3-8-15)24-19(21-26-25-20-11-6-12-27(20)21)13-16-14-23-18-10-5-4-9-17(16)18/h1-5,7-10,14,19,23H,6,11-13H2,(H,24,28). The van der Waals surface area contributed by atoms with Gasteiger partial charge in [-0.15, -0.1) is 10.2 Å². The fraction of sp³-hybridized carbons (Fsp3) is 0.227. The van der Waals surface area contributed by atoms with E-state index >= 15 is 0 Å². The van der Waals surface area contributed by atoms with Crippen LogP contribution in [0.25, 0.3) is 10.9 Å². The number of carbonyl (C=O) groups excluding carboxylic acids is 1. The van der Waals surface area contributed by atoms with E-state index in [1.54, 1.807) is 0 Å². The van der Waals surface area contributed by atoms with Crippen LogP contribution in [0.5, 0.6) is 0 Å². The van der Waals surface area contributed by atoms with Crippen molar-refractivity contribution < 1.29 is 4.79 Å². The van der Waals surface area contributed by atoms with Gasteiger partial charge in [-0.1, -0.05) is 36.4 Å². The maximum atomic E-state index is 12.9. The summed E-state index contributed by atoms with van der Waals surface area (Å²) in [7, 11) is 0. The van der Waals surface area contributed by atoms with Crippen LogP contribution in [0.3, 0.4) is 0 Å². The van der Waals surface area contributed by atoms with Crippen LogP contribution in [0.1, 0.15) is 40.0 Å². The van der Waals surface area contributed by atoms with E-state index in [1.807, 2.05) is 48.7 Å². The molecule has 0 saturated heterocycles. The fourth-order valence-electron chi connectivity index (χ4n) is 3.99. The third-order valence-corrected chi connectivity index (χ3v) is 5.39. The van der Waals surface area contributed by atoms with Crippen molar-refractivity contribution in [3.8, 4) is 0 Å². The Morgan fingerprint density at radius 1 is 1.11 bits per heavy atom. The van der Waals surface area contributed by atoms with Gasteiger partial charge in [0.2, 0.25) is 0 Å². The maximum absolute atomic E-state index is 12.9. The molecule has 1 aliphatic heterocycles. The van der Waals surface area contributed by atoms with E-state index in [9.17, 15) is 4.79 Å². The second-order valence-electron chi connectivity index (χ2n) is 7.19. The van der Waals surface area contributed by atoms with Gasteiger partial charge in [0.15, 0.2) is 5.82 Å². The molecule has 1 unspecified atom stereocenters. The Labute approximate surface area is 162 Å². The van der Waals surface area contributed by atoms with Gasteiger partial charge in [-0.05, 0) is 30.2 Å². The third kappa shape index (κ3) is 2.97. The topological polar surface area (TPSA) is 75.6 Å². The highest BCUT2D eigenvalue weighted by Gasteiger charge is 2.26. The third-order valence-electron chi connectivity index (χ3n) is 5.39. The van der Waals surface area contributed by atoms with Crippen LogP contribution < -0.4 is 5.32 Å². The SMILES string of the molecule is O=C(NC(Cc1c[nH]c2ccccc12)c1nnc2n1CCC2)c1ccccc1. The van der Waals surface area contributed by atoms with Crippen LogP contribution in [-0.2, 0) is 19.4 Å². The quantitative estimate of drug-likeness (QED) is 0.564. The predicted molar refractivity (Wildman–Crippen MR) is 107 cm³/mol. The van der Waals surface area contributed by atoms with Crippen molar-refractivity contribution in [2.45, 2.75) is 31.8 Å². The molecule has 140 valence electrons. The summed E-state index contributed by atoms with van der Waals surface area (Å²) >= 11 is 0. The van der Waals surface area contributed by atoms with Crippen LogP contribution in [0.15, 0.2) is 60.8 Å². The first-order valence-electron chi connectivity index (χ1n) is 9.62. The molecule has 0 fully saturated rings. The van der Waals surface area contributed by atoms with Crippen molar-refractivity contribution >= 4 is 16.8 Å². The number of fused-ring (bicyclic) bond motifs is 2. The fourth-order valence-corrected chi connectivity index (χ4v) is 3.99. The number of aromatic amines is 1. The van der Waals surface area contributed by atoms with Crippen molar-refractivity contribution in [2.75, 3.05) is 0 Å². The molecule has 6 nitrogen and oxygen atoms in total. The number of nitrogens with one attached hydrogen (secondary N) is 2. The number of hydrogen-bond donors (Lipinski definition) is 2. The second-order valence-corrected chi connectivity index (χ2v) is 7.19. The van der Waals surface area contributed by atoms with Gasteiger partial charge in [0.25, 0.3) is 5.91 Å². The van der Waals surface area contributed by atoms with Crippen molar-refractivity contribution in [3.63, 3.8) is 0 Å². The lowest BCUT2D eigenvalue weighted by atomic mass is 10.0. The summed E-state index contributed by atoms with van der Waals surface area (Å²) in [6, 6.07) is 17.3. The van der Waals surface area contributed by atoms with Gasteiger partial charge in [0.05, 0.1) is 6.04 Å². The van der Waals surface area contributed by atoms with Crippen LogP contribution in [0.4, 0.5) is 0 Å². The summed E-state index contributed by atoms with van der Waals surface area (Å²) in [5.74, 6) is 1.75. The first-order valence-corrected chi connectivity index (χ1v) is 9.62. The Hall–Kier alpha value is -3.41. The lowest BCUT2D eigenvalue weighted by molar-refractivity contribution is 0.0934. The second kappa shape index (κ2) is 6.96. The molecule has 0 spiro atoms.